The zero-order valence-electron chi connectivity index (χ0n) is 22.6. The maximum absolute atomic E-state index is 13.2. The zero-order valence-corrected chi connectivity index (χ0v) is 24.1. The van der Waals surface area contributed by atoms with Crippen molar-refractivity contribution in [3.05, 3.63) is 57.3 Å². The van der Waals surface area contributed by atoms with Gasteiger partial charge in [-0.25, -0.2) is 14.8 Å². The van der Waals surface area contributed by atoms with E-state index in [1.807, 2.05) is 39.8 Å². The fourth-order valence-corrected chi connectivity index (χ4v) is 7.13. The van der Waals surface area contributed by atoms with Crippen molar-refractivity contribution in [2.24, 2.45) is 0 Å². The minimum absolute atomic E-state index is 0.0598. The molecular formula is C29H33ClN4O4S. The number of aryl methyl sites for hydroxylation is 1. The van der Waals surface area contributed by atoms with Gasteiger partial charge in [-0.05, 0) is 82.0 Å². The number of carbonyl (C=O) groups excluding carboxylic acids is 2. The Kier molecular flexibility index (Phi) is 6.80. The van der Waals surface area contributed by atoms with Crippen molar-refractivity contribution in [1.82, 2.24) is 20.2 Å². The van der Waals surface area contributed by atoms with Gasteiger partial charge in [-0.1, -0.05) is 17.7 Å². The van der Waals surface area contributed by atoms with Crippen LogP contribution in [0.1, 0.15) is 79.3 Å². The third kappa shape index (κ3) is 5.36. The van der Waals surface area contributed by atoms with Gasteiger partial charge in [-0.15, -0.1) is 11.3 Å². The molecule has 39 heavy (non-hydrogen) atoms. The van der Waals surface area contributed by atoms with E-state index in [9.17, 15) is 9.59 Å². The van der Waals surface area contributed by atoms with Crippen molar-refractivity contribution in [2.45, 2.75) is 82.5 Å². The number of aromatic nitrogens is 2. The number of amides is 2. The molecule has 1 aromatic carbocycles. The van der Waals surface area contributed by atoms with Crippen LogP contribution in [0, 0.1) is 6.92 Å². The Morgan fingerprint density at radius 2 is 1.85 bits per heavy atom. The first kappa shape index (κ1) is 26.5. The van der Waals surface area contributed by atoms with E-state index < -0.39 is 5.60 Å². The molecule has 4 unspecified atom stereocenters. The number of benzene rings is 1. The highest BCUT2D eigenvalue weighted by Gasteiger charge is 2.45. The molecule has 206 valence electrons. The number of hydrogen-bond acceptors (Lipinski definition) is 7. The number of nitrogens with one attached hydrogen (secondary N) is 1. The van der Waals surface area contributed by atoms with E-state index in [4.69, 9.17) is 26.1 Å². The van der Waals surface area contributed by atoms with Gasteiger partial charge >= 0.3 is 6.09 Å². The Bertz CT molecular complexity index is 1420. The third-order valence-corrected chi connectivity index (χ3v) is 8.86. The Balaban J connectivity index is 1.11. The molecule has 3 aliphatic rings. The summed E-state index contributed by atoms with van der Waals surface area (Å²) in [6.45, 7) is 8.40. The summed E-state index contributed by atoms with van der Waals surface area (Å²) in [6, 6.07) is 7.39. The van der Waals surface area contributed by atoms with E-state index in [1.165, 1.54) is 0 Å². The highest BCUT2D eigenvalue weighted by atomic mass is 35.5. The van der Waals surface area contributed by atoms with Crippen molar-refractivity contribution in [3.8, 4) is 0 Å². The van der Waals surface area contributed by atoms with Crippen LogP contribution in [0.4, 0.5) is 4.79 Å². The van der Waals surface area contributed by atoms with Crippen molar-refractivity contribution in [1.29, 1.82) is 0 Å². The summed E-state index contributed by atoms with van der Waals surface area (Å²) in [5.41, 5.74) is 2.12. The minimum atomic E-state index is -0.562. The molecule has 0 spiro atoms. The Morgan fingerprint density at radius 3 is 2.54 bits per heavy atom. The van der Waals surface area contributed by atoms with Gasteiger partial charge in [0.25, 0.3) is 5.91 Å². The number of hydrogen-bond donors (Lipinski definition) is 1. The quantitative estimate of drug-likeness (QED) is 0.426. The van der Waals surface area contributed by atoms with Gasteiger partial charge in [-0.2, -0.15) is 0 Å². The van der Waals surface area contributed by atoms with Gasteiger partial charge in [0.1, 0.15) is 16.3 Å². The van der Waals surface area contributed by atoms with E-state index in [0.717, 1.165) is 33.7 Å². The van der Waals surface area contributed by atoms with Crippen molar-refractivity contribution < 1.29 is 19.1 Å². The predicted octanol–water partition coefficient (Wildman–Crippen LogP) is 5.82. The number of rotatable bonds is 4. The monoisotopic (exact) mass is 568 g/mol. The maximum atomic E-state index is 13.2. The SMILES string of the molecule is Cc1nc(C2CC2c2ccc(C(=O)NC3CC4COCC(C3)N4C(=O)OC(C)(C)C)cc2Cl)c2ccsc2n1. The van der Waals surface area contributed by atoms with Gasteiger partial charge in [0, 0.05) is 27.9 Å². The summed E-state index contributed by atoms with van der Waals surface area (Å²) in [4.78, 5) is 38.2. The molecule has 1 saturated carbocycles. The van der Waals surface area contributed by atoms with E-state index in [-0.39, 0.29) is 36.0 Å². The highest BCUT2D eigenvalue weighted by Crippen LogP contribution is 2.57. The topological polar surface area (TPSA) is 93.7 Å². The number of piperidine rings is 1. The molecule has 2 saturated heterocycles. The predicted molar refractivity (Wildman–Crippen MR) is 151 cm³/mol. The molecule has 2 amide bonds. The van der Waals surface area contributed by atoms with Crippen LogP contribution in [-0.2, 0) is 9.47 Å². The van der Waals surface area contributed by atoms with Crippen LogP contribution in [0.15, 0.2) is 29.6 Å². The Labute approximate surface area is 237 Å². The van der Waals surface area contributed by atoms with Gasteiger partial charge in [-0.3, -0.25) is 9.69 Å². The van der Waals surface area contributed by atoms with E-state index in [2.05, 4.69) is 21.7 Å². The van der Waals surface area contributed by atoms with Crippen LogP contribution >= 0.6 is 22.9 Å². The first-order valence-corrected chi connectivity index (χ1v) is 14.7. The second-order valence-electron chi connectivity index (χ2n) is 11.9. The number of nitrogens with zero attached hydrogens (tertiary/aromatic N) is 3. The standard InChI is InChI=1S/C29H33ClN4O4S/c1-15-31-25(21-7-8-39-27(21)32-15)23-12-22(23)20-6-5-16(9-24(20)30)26(35)33-17-10-18-13-37-14-19(11-17)34(18)28(36)38-29(2,3)4/h5-9,17-19,22-23H,10-14H2,1-4H3,(H,33,35). The molecule has 2 aliphatic heterocycles. The minimum Gasteiger partial charge on any atom is -0.444 e. The number of ether oxygens (including phenoxy) is 2. The molecular weight excluding hydrogens is 536 g/mol. The summed E-state index contributed by atoms with van der Waals surface area (Å²) in [5, 5.41) is 6.96. The summed E-state index contributed by atoms with van der Waals surface area (Å²) in [6.07, 6.45) is 1.90. The molecule has 3 fully saturated rings. The van der Waals surface area contributed by atoms with E-state index in [0.29, 0.717) is 42.6 Å². The van der Waals surface area contributed by atoms with Crippen LogP contribution in [-0.4, -0.2) is 63.8 Å². The number of morpholine rings is 1. The van der Waals surface area contributed by atoms with Gasteiger partial charge in [0.2, 0.25) is 0 Å². The van der Waals surface area contributed by atoms with Crippen molar-refractivity contribution >= 4 is 45.2 Å². The van der Waals surface area contributed by atoms with E-state index in [1.54, 1.807) is 22.3 Å². The lowest BCUT2D eigenvalue weighted by molar-refractivity contribution is -0.0835. The lowest BCUT2D eigenvalue weighted by Crippen LogP contribution is -2.63. The van der Waals surface area contributed by atoms with Crippen LogP contribution < -0.4 is 5.32 Å². The van der Waals surface area contributed by atoms with Crippen LogP contribution in [0.25, 0.3) is 10.2 Å². The molecule has 2 bridgehead atoms. The van der Waals surface area contributed by atoms with Gasteiger partial charge in [0.05, 0.1) is 31.0 Å². The number of thiophene rings is 1. The molecule has 4 heterocycles. The Morgan fingerprint density at radius 1 is 1.10 bits per heavy atom. The van der Waals surface area contributed by atoms with E-state index >= 15 is 0 Å². The lowest BCUT2D eigenvalue weighted by Gasteiger charge is -2.48. The smallest absolute Gasteiger partial charge is 0.410 e. The largest absolute Gasteiger partial charge is 0.444 e. The van der Waals surface area contributed by atoms with Crippen LogP contribution in [0.2, 0.25) is 5.02 Å². The number of carbonyl (C=O) groups is 2. The molecule has 1 aliphatic carbocycles. The fourth-order valence-electron chi connectivity index (χ4n) is 6.00. The Hall–Kier alpha value is -2.75. The average Bonchev–Trinajstić information content (AvgIpc) is 3.49. The van der Waals surface area contributed by atoms with Gasteiger partial charge in [0.15, 0.2) is 0 Å². The molecule has 3 aromatic rings. The molecule has 6 rings (SSSR count). The number of fused-ring (bicyclic) bond motifs is 3. The average molecular weight is 569 g/mol. The van der Waals surface area contributed by atoms with Crippen molar-refractivity contribution in [2.75, 3.05) is 13.2 Å². The first-order valence-electron chi connectivity index (χ1n) is 13.5. The molecule has 0 radical (unpaired) electrons. The van der Waals surface area contributed by atoms with Crippen LogP contribution in [0.5, 0.6) is 0 Å². The highest BCUT2D eigenvalue weighted by molar-refractivity contribution is 7.16. The first-order chi connectivity index (χ1) is 18.6. The van der Waals surface area contributed by atoms with Crippen LogP contribution in [0.3, 0.4) is 0 Å². The summed E-state index contributed by atoms with van der Waals surface area (Å²) >= 11 is 8.37. The summed E-state index contributed by atoms with van der Waals surface area (Å²) in [5.74, 6) is 1.22. The summed E-state index contributed by atoms with van der Waals surface area (Å²) < 4.78 is 11.4. The summed E-state index contributed by atoms with van der Waals surface area (Å²) in [7, 11) is 0. The molecule has 10 heteroatoms. The fraction of sp³-hybridized carbons (Fsp3) is 0.517. The van der Waals surface area contributed by atoms with Crippen molar-refractivity contribution in [3.63, 3.8) is 0 Å². The molecule has 4 atom stereocenters. The molecule has 1 N–H and O–H groups in total. The maximum Gasteiger partial charge on any atom is 0.410 e. The zero-order chi connectivity index (χ0) is 27.5. The second kappa shape index (κ2) is 10.0. The normalized spacial score (nSPS) is 26.4. The second-order valence-corrected chi connectivity index (χ2v) is 13.2. The molecule has 2 aromatic heterocycles. The van der Waals surface area contributed by atoms with Gasteiger partial charge < -0.3 is 14.8 Å². The molecule has 8 nitrogen and oxygen atoms in total. The lowest BCUT2D eigenvalue weighted by atomic mass is 9.90. The number of halogens is 1. The third-order valence-electron chi connectivity index (χ3n) is 7.73.